The van der Waals surface area contributed by atoms with Crippen LogP contribution in [0.1, 0.15) is 24.4 Å². The summed E-state index contributed by atoms with van der Waals surface area (Å²) in [6.45, 7) is 5.97. The number of hydrogen-bond acceptors (Lipinski definition) is 5. The average molecular weight is 437 g/mol. The predicted octanol–water partition coefficient (Wildman–Crippen LogP) is 5.08. The van der Waals surface area contributed by atoms with Crippen LogP contribution in [0, 0.1) is 0 Å². The lowest BCUT2D eigenvalue weighted by Gasteiger charge is -2.34. The number of urea groups is 1. The molecule has 158 valence electrons. The van der Waals surface area contributed by atoms with Crippen LogP contribution in [0.5, 0.6) is 5.75 Å². The number of amides is 2. The minimum absolute atomic E-state index is 0.223. The quantitative estimate of drug-likeness (QED) is 0.545. The fraction of sp³-hybridized carbons (Fsp3) is 0.174. The molecule has 2 aromatic carbocycles. The van der Waals surface area contributed by atoms with Gasteiger partial charge in [0, 0.05) is 22.8 Å². The van der Waals surface area contributed by atoms with Crippen LogP contribution in [-0.4, -0.2) is 34.7 Å². The largest absolute Gasteiger partial charge is 0.497 e. The maximum atomic E-state index is 12.8. The highest BCUT2D eigenvalue weighted by molar-refractivity contribution is 6.30. The van der Waals surface area contributed by atoms with E-state index in [9.17, 15) is 4.79 Å². The highest BCUT2D eigenvalue weighted by Gasteiger charge is 2.35. The minimum atomic E-state index is -0.460. The molecule has 2 amide bonds. The van der Waals surface area contributed by atoms with Gasteiger partial charge in [0.25, 0.3) is 5.89 Å². The van der Waals surface area contributed by atoms with Crippen LogP contribution < -0.4 is 10.1 Å². The van der Waals surface area contributed by atoms with Crippen molar-refractivity contribution in [2.75, 3.05) is 13.7 Å². The van der Waals surface area contributed by atoms with Crippen LogP contribution in [0.3, 0.4) is 0 Å². The molecule has 2 heterocycles. The molecule has 1 atom stereocenters. The van der Waals surface area contributed by atoms with Crippen molar-refractivity contribution in [1.29, 1.82) is 0 Å². The van der Waals surface area contributed by atoms with Gasteiger partial charge < -0.3 is 14.6 Å². The molecule has 1 aliphatic rings. The van der Waals surface area contributed by atoms with Crippen LogP contribution in [0.25, 0.3) is 17.0 Å². The number of methoxy groups -OCH3 is 1. The molecule has 0 saturated carbocycles. The lowest BCUT2D eigenvalue weighted by molar-refractivity contribution is 0.209. The van der Waals surface area contributed by atoms with Crippen LogP contribution in [-0.2, 0) is 0 Å². The van der Waals surface area contributed by atoms with E-state index in [0.29, 0.717) is 23.3 Å². The summed E-state index contributed by atoms with van der Waals surface area (Å²) < 4.78 is 10.9. The fourth-order valence-electron chi connectivity index (χ4n) is 3.50. The van der Waals surface area contributed by atoms with E-state index in [1.807, 2.05) is 43.3 Å². The van der Waals surface area contributed by atoms with E-state index in [1.165, 1.54) is 0 Å². The van der Waals surface area contributed by atoms with Gasteiger partial charge >= 0.3 is 6.03 Å². The van der Waals surface area contributed by atoms with Gasteiger partial charge in [0.2, 0.25) is 5.82 Å². The monoisotopic (exact) mass is 436 g/mol. The van der Waals surface area contributed by atoms with Crippen molar-refractivity contribution in [3.63, 3.8) is 0 Å². The van der Waals surface area contributed by atoms with Crippen molar-refractivity contribution >= 4 is 23.2 Å². The number of halogens is 1. The zero-order chi connectivity index (χ0) is 22.0. The Kier molecular flexibility index (Phi) is 5.77. The van der Waals surface area contributed by atoms with Gasteiger partial charge in [0.1, 0.15) is 5.75 Å². The standard InChI is InChI=1S/C23H21ClN4O3/c1-4-13-28-14(2)19(20(25-23(28)29)15-7-11-18(30-3)12-8-15)22-26-21(27-31-22)16-5-9-17(24)10-6-16/h4-12,20H,1,13H2,2-3H3,(H,25,29). The van der Waals surface area contributed by atoms with E-state index in [-0.39, 0.29) is 6.03 Å². The molecule has 0 aliphatic carbocycles. The third kappa shape index (κ3) is 4.04. The van der Waals surface area contributed by atoms with Crippen LogP contribution in [0.4, 0.5) is 4.79 Å². The third-order valence-corrected chi connectivity index (χ3v) is 5.37. The van der Waals surface area contributed by atoms with E-state index in [1.54, 1.807) is 30.2 Å². The molecule has 7 nitrogen and oxygen atoms in total. The Labute approximate surface area is 185 Å². The van der Waals surface area contributed by atoms with E-state index in [2.05, 4.69) is 22.0 Å². The summed E-state index contributed by atoms with van der Waals surface area (Å²) in [7, 11) is 1.61. The molecule has 0 radical (unpaired) electrons. The first-order valence-electron chi connectivity index (χ1n) is 9.65. The lowest BCUT2D eigenvalue weighted by Crippen LogP contribution is -2.46. The Balaban J connectivity index is 1.79. The van der Waals surface area contributed by atoms with Gasteiger partial charge in [-0.15, -0.1) is 6.58 Å². The van der Waals surface area contributed by atoms with Crippen LogP contribution >= 0.6 is 11.6 Å². The summed E-state index contributed by atoms with van der Waals surface area (Å²) in [5.41, 5.74) is 3.09. The van der Waals surface area contributed by atoms with Crippen LogP contribution in [0.2, 0.25) is 5.02 Å². The minimum Gasteiger partial charge on any atom is -0.497 e. The van der Waals surface area contributed by atoms with Crippen molar-refractivity contribution in [3.05, 3.63) is 83.4 Å². The molecule has 0 fully saturated rings. The normalized spacial score (nSPS) is 16.3. The van der Waals surface area contributed by atoms with Gasteiger partial charge in [-0.1, -0.05) is 35.0 Å². The molecule has 3 aromatic rings. The second-order valence-corrected chi connectivity index (χ2v) is 7.42. The number of carbonyl (C=O) groups is 1. The Morgan fingerprint density at radius 3 is 2.58 bits per heavy atom. The number of nitrogens with one attached hydrogen (secondary N) is 1. The number of ether oxygens (including phenoxy) is 1. The Bertz CT molecular complexity index is 1140. The molecule has 31 heavy (non-hydrogen) atoms. The number of carbonyl (C=O) groups excluding carboxylic acids is 1. The van der Waals surface area contributed by atoms with Gasteiger partial charge in [-0.3, -0.25) is 4.90 Å². The van der Waals surface area contributed by atoms with Gasteiger partial charge in [-0.2, -0.15) is 4.98 Å². The molecule has 0 saturated heterocycles. The maximum Gasteiger partial charge on any atom is 0.322 e. The Hall–Kier alpha value is -3.58. The fourth-order valence-corrected chi connectivity index (χ4v) is 3.63. The Morgan fingerprint density at radius 1 is 1.23 bits per heavy atom. The summed E-state index contributed by atoms with van der Waals surface area (Å²) >= 11 is 5.98. The number of rotatable bonds is 6. The molecule has 1 aliphatic heterocycles. The second kappa shape index (κ2) is 8.65. The molecule has 4 rings (SSSR count). The third-order valence-electron chi connectivity index (χ3n) is 5.12. The van der Waals surface area contributed by atoms with Crippen molar-refractivity contribution in [3.8, 4) is 17.1 Å². The molecular weight excluding hydrogens is 416 g/mol. The number of allylic oxidation sites excluding steroid dienone is 1. The highest BCUT2D eigenvalue weighted by Crippen LogP contribution is 2.37. The predicted molar refractivity (Wildman–Crippen MR) is 119 cm³/mol. The SMILES string of the molecule is C=CCN1C(=O)NC(c2ccc(OC)cc2)C(c2nc(-c3ccc(Cl)cc3)no2)=C1C. The molecule has 1 unspecified atom stereocenters. The topological polar surface area (TPSA) is 80.5 Å². The summed E-state index contributed by atoms with van der Waals surface area (Å²) in [4.78, 5) is 19.0. The number of benzene rings is 2. The first-order valence-corrected chi connectivity index (χ1v) is 10.0. The molecular formula is C23H21ClN4O3. The van der Waals surface area contributed by atoms with Gasteiger partial charge in [-0.25, -0.2) is 4.79 Å². The number of aromatic nitrogens is 2. The van der Waals surface area contributed by atoms with Crippen molar-refractivity contribution in [2.24, 2.45) is 0 Å². The molecule has 8 heteroatoms. The van der Waals surface area contributed by atoms with E-state index >= 15 is 0 Å². The van der Waals surface area contributed by atoms with E-state index < -0.39 is 6.04 Å². The maximum absolute atomic E-state index is 12.8. The number of hydrogen-bond donors (Lipinski definition) is 1. The summed E-state index contributed by atoms with van der Waals surface area (Å²) in [6, 6.07) is 14.0. The second-order valence-electron chi connectivity index (χ2n) is 6.98. The molecule has 1 N–H and O–H groups in total. The first-order chi connectivity index (χ1) is 15.0. The van der Waals surface area contributed by atoms with E-state index in [4.69, 9.17) is 20.9 Å². The van der Waals surface area contributed by atoms with E-state index in [0.717, 1.165) is 28.1 Å². The highest BCUT2D eigenvalue weighted by atomic mass is 35.5. The zero-order valence-electron chi connectivity index (χ0n) is 17.1. The van der Waals surface area contributed by atoms with Gasteiger partial charge in [0.15, 0.2) is 0 Å². The van der Waals surface area contributed by atoms with Gasteiger partial charge in [-0.05, 0) is 48.9 Å². The van der Waals surface area contributed by atoms with Crippen molar-refractivity contribution in [1.82, 2.24) is 20.4 Å². The summed E-state index contributed by atoms with van der Waals surface area (Å²) in [5.74, 6) is 1.49. The van der Waals surface area contributed by atoms with Crippen molar-refractivity contribution < 1.29 is 14.1 Å². The zero-order valence-corrected chi connectivity index (χ0v) is 17.9. The van der Waals surface area contributed by atoms with Gasteiger partial charge in [0.05, 0.1) is 18.7 Å². The molecule has 1 aromatic heterocycles. The first kappa shape index (κ1) is 20.7. The Morgan fingerprint density at radius 2 is 1.94 bits per heavy atom. The lowest BCUT2D eigenvalue weighted by atomic mass is 9.94. The average Bonchev–Trinajstić information content (AvgIpc) is 3.26. The smallest absolute Gasteiger partial charge is 0.322 e. The number of nitrogens with zero attached hydrogens (tertiary/aromatic N) is 3. The van der Waals surface area contributed by atoms with Crippen molar-refractivity contribution in [2.45, 2.75) is 13.0 Å². The molecule has 0 bridgehead atoms. The summed E-state index contributed by atoms with van der Waals surface area (Å²) in [6.07, 6.45) is 1.67. The van der Waals surface area contributed by atoms with Crippen LogP contribution in [0.15, 0.2) is 71.4 Å². The summed E-state index contributed by atoms with van der Waals surface area (Å²) in [5, 5.41) is 7.80. The molecule has 0 spiro atoms.